The third kappa shape index (κ3) is 3.68. The highest BCUT2D eigenvalue weighted by atomic mass is 16.6. The Morgan fingerprint density at radius 1 is 1.06 bits per heavy atom. The van der Waals surface area contributed by atoms with Crippen LogP contribution in [0.25, 0.3) is 5.69 Å². The SMILES string of the molecule is Cc1c[nH]c(=O)n1-c1ccc(C(=O)NCC2(c3ccc4c(c3)OCCO4)CCCC2)cc1. The topological polar surface area (TPSA) is 85.4 Å². The van der Waals surface area contributed by atoms with Crippen LogP contribution in [0.5, 0.6) is 11.5 Å². The number of carbonyl (C=O) groups is 1. The molecule has 166 valence electrons. The van der Waals surface area contributed by atoms with Crippen LogP contribution >= 0.6 is 0 Å². The number of H-pyrrole nitrogens is 1. The van der Waals surface area contributed by atoms with Gasteiger partial charge in [-0.3, -0.25) is 9.36 Å². The second kappa shape index (κ2) is 8.22. The summed E-state index contributed by atoms with van der Waals surface area (Å²) >= 11 is 0. The molecule has 3 aromatic rings. The third-order valence-corrected chi connectivity index (χ3v) is 6.65. The van der Waals surface area contributed by atoms with Crippen LogP contribution in [0.3, 0.4) is 0 Å². The average Bonchev–Trinajstić information content (AvgIpc) is 3.44. The quantitative estimate of drug-likeness (QED) is 0.645. The predicted molar refractivity (Wildman–Crippen MR) is 121 cm³/mol. The number of imidazole rings is 1. The van der Waals surface area contributed by atoms with Crippen molar-refractivity contribution in [3.05, 3.63) is 76.0 Å². The summed E-state index contributed by atoms with van der Waals surface area (Å²) in [4.78, 5) is 27.6. The number of fused-ring (bicyclic) bond motifs is 1. The van der Waals surface area contributed by atoms with Crippen LogP contribution in [0.15, 0.2) is 53.5 Å². The largest absolute Gasteiger partial charge is 0.486 e. The van der Waals surface area contributed by atoms with Crippen LogP contribution in [0.4, 0.5) is 0 Å². The van der Waals surface area contributed by atoms with Gasteiger partial charge in [-0.05, 0) is 61.7 Å². The number of rotatable bonds is 5. The number of carbonyl (C=O) groups excluding carboxylic acids is 1. The zero-order valence-corrected chi connectivity index (χ0v) is 18.1. The number of amides is 1. The smallest absolute Gasteiger partial charge is 0.330 e. The van der Waals surface area contributed by atoms with Gasteiger partial charge in [-0.2, -0.15) is 0 Å². The fraction of sp³-hybridized carbons (Fsp3) is 0.360. The molecule has 0 unspecified atom stereocenters. The van der Waals surface area contributed by atoms with E-state index < -0.39 is 0 Å². The standard InChI is InChI=1S/C25H27N3O4/c1-17-15-26-24(30)28(17)20-7-4-18(5-8-20)23(29)27-16-25(10-2-3-11-25)19-6-9-21-22(14-19)32-13-12-31-21/h4-9,14-15H,2-3,10-13,16H2,1H3,(H,26,30)(H,27,29). The molecule has 0 radical (unpaired) electrons. The third-order valence-electron chi connectivity index (χ3n) is 6.65. The van der Waals surface area contributed by atoms with Gasteiger partial charge in [0.25, 0.3) is 5.91 Å². The van der Waals surface area contributed by atoms with Gasteiger partial charge in [0.05, 0.1) is 5.69 Å². The summed E-state index contributed by atoms with van der Waals surface area (Å²) in [7, 11) is 0. The molecule has 5 rings (SSSR count). The molecule has 0 bridgehead atoms. The molecule has 7 nitrogen and oxygen atoms in total. The van der Waals surface area contributed by atoms with Crippen molar-refractivity contribution >= 4 is 5.91 Å². The molecule has 0 atom stereocenters. The Labute approximate surface area is 186 Å². The van der Waals surface area contributed by atoms with Gasteiger partial charge >= 0.3 is 5.69 Å². The van der Waals surface area contributed by atoms with Gasteiger partial charge in [0, 0.05) is 29.4 Å². The molecular formula is C25H27N3O4. The van der Waals surface area contributed by atoms with Gasteiger partial charge in [0.1, 0.15) is 13.2 Å². The summed E-state index contributed by atoms with van der Waals surface area (Å²) in [5.41, 5.74) is 3.02. The Kier molecular flexibility index (Phi) is 5.25. The zero-order valence-electron chi connectivity index (χ0n) is 18.1. The van der Waals surface area contributed by atoms with Crippen LogP contribution in [0.1, 0.15) is 47.3 Å². The van der Waals surface area contributed by atoms with E-state index in [0.717, 1.165) is 48.6 Å². The molecule has 1 amide bonds. The van der Waals surface area contributed by atoms with E-state index in [1.54, 1.807) is 35.0 Å². The molecule has 1 aliphatic carbocycles. The molecule has 1 aliphatic heterocycles. The summed E-state index contributed by atoms with van der Waals surface area (Å²) in [5.74, 6) is 1.46. The lowest BCUT2D eigenvalue weighted by Gasteiger charge is -2.31. The van der Waals surface area contributed by atoms with Crippen LogP contribution in [-0.2, 0) is 5.41 Å². The molecule has 0 spiro atoms. The van der Waals surface area contributed by atoms with Crippen molar-refractivity contribution in [3.63, 3.8) is 0 Å². The highest BCUT2D eigenvalue weighted by molar-refractivity contribution is 5.94. The minimum atomic E-state index is -0.192. The van der Waals surface area contributed by atoms with Crippen molar-refractivity contribution in [3.8, 4) is 17.2 Å². The number of aromatic nitrogens is 2. The summed E-state index contributed by atoms with van der Waals surface area (Å²) in [5, 5.41) is 3.15. The van der Waals surface area contributed by atoms with Gasteiger partial charge < -0.3 is 19.8 Å². The fourth-order valence-electron chi connectivity index (χ4n) is 4.88. The van der Waals surface area contributed by atoms with Crippen LogP contribution in [-0.4, -0.2) is 35.2 Å². The van der Waals surface area contributed by atoms with E-state index in [1.807, 2.05) is 13.0 Å². The zero-order chi connectivity index (χ0) is 22.1. The lowest BCUT2D eigenvalue weighted by Crippen LogP contribution is -2.39. The van der Waals surface area contributed by atoms with E-state index >= 15 is 0 Å². The van der Waals surface area contributed by atoms with E-state index in [-0.39, 0.29) is 17.0 Å². The molecule has 2 aliphatic rings. The minimum absolute atomic E-state index is 0.0962. The highest BCUT2D eigenvalue weighted by Gasteiger charge is 2.37. The van der Waals surface area contributed by atoms with Crippen molar-refractivity contribution in [1.29, 1.82) is 0 Å². The highest BCUT2D eigenvalue weighted by Crippen LogP contribution is 2.43. The van der Waals surface area contributed by atoms with Gasteiger partial charge in [0.2, 0.25) is 0 Å². The summed E-state index contributed by atoms with van der Waals surface area (Å²) < 4.78 is 13.0. The number of ether oxygens (including phenoxy) is 2. The Morgan fingerprint density at radius 3 is 2.47 bits per heavy atom. The maximum absolute atomic E-state index is 12.9. The number of hydrogen-bond donors (Lipinski definition) is 2. The number of hydrogen-bond acceptors (Lipinski definition) is 4. The monoisotopic (exact) mass is 433 g/mol. The average molecular weight is 434 g/mol. The lowest BCUT2D eigenvalue weighted by atomic mass is 9.78. The Morgan fingerprint density at radius 2 is 1.78 bits per heavy atom. The maximum atomic E-state index is 12.9. The summed E-state index contributed by atoms with van der Waals surface area (Å²) in [6.45, 7) is 3.57. The molecule has 1 fully saturated rings. The lowest BCUT2D eigenvalue weighted by molar-refractivity contribution is 0.0943. The van der Waals surface area contributed by atoms with E-state index in [4.69, 9.17) is 9.47 Å². The van der Waals surface area contributed by atoms with E-state index in [1.165, 1.54) is 5.56 Å². The Balaban J connectivity index is 1.32. The molecule has 2 aromatic carbocycles. The number of benzene rings is 2. The number of nitrogens with one attached hydrogen (secondary N) is 2. The maximum Gasteiger partial charge on any atom is 0.330 e. The molecule has 7 heteroatoms. The van der Waals surface area contributed by atoms with Gasteiger partial charge in [-0.15, -0.1) is 0 Å². The van der Waals surface area contributed by atoms with Crippen LogP contribution in [0.2, 0.25) is 0 Å². The van der Waals surface area contributed by atoms with Crippen LogP contribution in [0, 0.1) is 6.92 Å². The molecular weight excluding hydrogens is 406 g/mol. The van der Waals surface area contributed by atoms with Gasteiger partial charge in [0.15, 0.2) is 11.5 Å². The molecule has 1 saturated carbocycles. The Hall–Kier alpha value is -3.48. The first-order valence-electron chi connectivity index (χ1n) is 11.1. The fourth-order valence-corrected chi connectivity index (χ4v) is 4.88. The van der Waals surface area contributed by atoms with Crippen molar-refractivity contribution in [2.75, 3.05) is 19.8 Å². The predicted octanol–water partition coefficient (Wildman–Crippen LogP) is 3.49. The van der Waals surface area contributed by atoms with Crippen molar-refractivity contribution in [1.82, 2.24) is 14.9 Å². The minimum Gasteiger partial charge on any atom is -0.486 e. The van der Waals surface area contributed by atoms with Crippen molar-refractivity contribution < 1.29 is 14.3 Å². The Bertz CT molecular complexity index is 1190. The van der Waals surface area contributed by atoms with Gasteiger partial charge in [-0.25, -0.2) is 4.79 Å². The first kappa shape index (κ1) is 20.4. The van der Waals surface area contributed by atoms with Gasteiger partial charge in [-0.1, -0.05) is 18.9 Å². The van der Waals surface area contributed by atoms with Crippen molar-refractivity contribution in [2.45, 2.75) is 38.0 Å². The van der Waals surface area contributed by atoms with Crippen LogP contribution < -0.4 is 20.5 Å². The molecule has 0 saturated heterocycles. The van der Waals surface area contributed by atoms with E-state index in [9.17, 15) is 9.59 Å². The second-order valence-corrected chi connectivity index (χ2v) is 8.65. The van der Waals surface area contributed by atoms with Crippen molar-refractivity contribution in [2.24, 2.45) is 0 Å². The first-order chi connectivity index (χ1) is 15.6. The molecule has 2 heterocycles. The second-order valence-electron chi connectivity index (χ2n) is 8.65. The summed E-state index contributed by atoms with van der Waals surface area (Å²) in [6, 6.07) is 13.3. The normalized spacial score (nSPS) is 16.7. The molecule has 32 heavy (non-hydrogen) atoms. The molecule has 2 N–H and O–H groups in total. The molecule has 1 aromatic heterocycles. The first-order valence-corrected chi connectivity index (χ1v) is 11.1. The van der Waals surface area contributed by atoms with E-state index in [2.05, 4.69) is 22.4 Å². The summed E-state index contributed by atoms with van der Waals surface area (Å²) in [6.07, 6.45) is 6.01. The number of aromatic amines is 1. The number of nitrogens with zero attached hydrogens (tertiary/aromatic N) is 1. The van der Waals surface area contributed by atoms with E-state index in [0.29, 0.717) is 25.3 Å². The number of aryl methyl sites for hydroxylation is 1.